The standard InChI is InChI=1S/C29H30N2O3/c1-19-10-11-20(2)24(18-19)27(32)25-26(22-12-14-23(15-13-22)30(3)4)31(29(34)28(25)33)17-16-21-8-6-5-7-9-21/h5-15,18,26,32H,16-17H2,1-4H3/b27-25+. The van der Waals surface area contributed by atoms with Crippen LogP contribution < -0.4 is 4.90 Å². The van der Waals surface area contributed by atoms with E-state index < -0.39 is 17.7 Å². The second-order valence-electron chi connectivity index (χ2n) is 9.03. The summed E-state index contributed by atoms with van der Waals surface area (Å²) in [4.78, 5) is 30.1. The third kappa shape index (κ3) is 4.46. The third-order valence-electron chi connectivity index (χ3n) is 6.40. The van der Waals surface area contributed by atoms with E-state index in [4.69, 9.17) is 0 Å². The van der Waals surface area contributed by atoms with Crippen LogP contribution in [0, 0.1) is 13.8 Å². The Balaban J connectivity index is 1.82. The van der Waals surface area contributed by atoms with Crippen LogP contribution in [0.1, 0.15) is 33.9 Å². The maximum Gasteiger partial charge on any atom is 0.295 e. The molecule has 1 saturated heterocycles. The number of amides is 1. The fraction of sp³-hybridized carbons (Fsp3) is 0.241. The number of carbonyl (C=O) groups is 2. The predicted octanol–water partition coefficient (Wildman–Crippen LogP) is 5.03. The molecule has 3 aromatic carbocycles. The van der Waals surface area contributed by atoms with Crippen molar-refractivity contribution in [2.24, 2.45) is 0 Å². The van der Waals surface area contributed by atoms with Crippen molar-refractivity contribution in [3.63, 3.8) is 0 Å². The molecule has 1 fully saturated rings. The Bertz CT molecular complexity index is 1240. The molecule has 5 nitrogen and oxygen atoms in total. The molecule has 1 aliphatic rings. The monoisotopic (exact) mass is 454 g/mol. The van der Waals surface area contributed by atoms with Crippen LogP contribution in [0.2, 0.25) is 0 Å². The van der Waals surface area contributed by atoms with Crippen LogP contribution in [0.3, 0.4) is 0 Å². The summed E-state index contributed by atoms with van der Waals surface area (Å²) >= 11 is 0. The van der Waals surface area contributed by atoms with Crippen molar-refractivity contribution in [3.05, 3.63) is 106 Å². The number of aliphatic hydroxyl groups is 1. The Kier molecular flexibility index (Phi) is 6.55. The van der Waals surface area contributed by atoms with E-state index in [1.807, 2.05) is 106 Å². The lowest BCUT2D eigenvalue weighted by Crippen LogP contribution is -2.31. The zero-order chi connectivity index (χ0) is 24.4. The van der Waals surface area contributed by atoms with Gasteiger partial charge in [0.1, 0.15) is 5.76 Å². The summed E-state index contributed by atoms with van der Waals surface area (Å²) in [7, 11) is 3.92. The first-order chi connectivity index (χ1) is 16.3. The third-order valence-corrected chi connectivity index (χ3v) is 6.40. The van der Waals surface area contributed by atoms with Gasteiger partial charge in [-0.25, -0.2) is 0 Å². The van der Waals surface area contributed by atoms with Gasteiger partial charge in [0.05, 0.1) is 11.6 Å². The molecular formula is C29H30N2O3. The summed E-state index contributed by atoms with van der Waals surface area (Å²) in [6.45, 7) is 4.20. The number of Topliss-reactive ketones (excluding diaryl/α,β-unsaturated/α-hetero) is 1. The van der Waals surface area contributed by atoms with Gasteiger partial charge in [-0.3, -0.25) is 9.59 Å². The van der Waals surface area contributed by atoms with E-state index in [2.05, 4.69) is 0 Å². The summed E-state index contributed by atoms with van der Waals surface area (Å²) < 4.78 is 0. The predicted molar refractivity (Wildman–Crippen MR) is 136 cm³/mol. The van der Waals surface area contributed by atoms with Gasteiger partial charge in [0, 0.05) is 31.9 Å². The van der Waals surface area contributed by atoms with Crippen LogP contribution in [0.4, 0.5) is 5.69 Å². The molecule has 3 aromatic rings. The maximum absolute atomic E-state index is 13.3. The fourth-order valence-corrected chi connectivity index (χ4v) is 4.44. The average Bonchev–Trinajstić information content (AvgIpc) is 3.09. The van der Waals surface area contributed by atoms with Crippen molar-refractivity contribution in [2.75, 3.05) is 25.5 Å². The molecular weight excluding hydrogens is 424 g/mol. The number of rotatable bonds is 6. The molecule has 0 radical (unpaired) electrons. The Labute approximate surface area is 201 Å². The van der Waals surface area contributed by atoms with Gasteiger partial charge in [0.2, 0.25) is 0 Å². The maximum atomic E-state index is 13.3. The Morgan fingerprint density at radius 1 is 0.941 bits per heavy atom. The molecule has 0 aliphatic carbocycles. The number of hydrogen-bond donors (Lipinski definition) is 1. The van der Waals surface area contributed by atoms with Crippen molar-refractivity contribution in [3.8, 4) is 0 Å². The molecule has 1 atom stereocenters. The fourth-order valence-electron chi connectivity index (χ4n) is 4.44. The number of aliphatic hydroxyl groups excluding tert-OH is 1. The van der Waals surface area contributed by atoms with Crippen LogP contribution in [-0.2, 0) is 16.0 Å². The Hall–Kier alpha value is -3.86. The van der Waals surface area contributed by atoms with Crippen LogP contribution in [0.5, 0.6) is 0 Å². The first-order valence-corrected chi connectivity index (χ1v) is 11.4. The quantitative estimate of drug-likeness (QED) is 0.322. The Morgan fingerprint density at radius 2 is 1.62 bits per heavy atom. The molecule has 1 amide bonds. The van der Waals surface area contributed by atoms with Gasteiger partial charge < -0.3 is 14.9 Å². The first-order valence-electron chi connectivity index (χ1n) is 11.4. The van der Waals surface area contributed by atoms with Gasteiger partial charge in [-0.2, -0.15) is 0 Å². The molecule has 5 heteroatoms. The molecule has 1 heterocycles. The van der Waals surface area contributed by atoms with Gasteiger partial charge in [0.15, 0.2) is 0 Å². The lowest BCUT2D eigenvalue weighted by Gasteiger charge is -2.26. The number of anilines is 1. The SMILES string of the molecule is Cc1ccc(C)c(/C(O)=C2\C(=O)C(=O)N(CCc3ccccc3)C2c2ccc(N(C)C)cc2)c1. The van der Waals surface area contributed by atoms with Crippen molar-refractivity contribution in [1.29, 1.82) is 0 Å². The van der Waals surface area contributed by atoms with Crippen molar-refractivity contribution < 1.29 is 14.7 Å². The molecule has 0 bridgehead atoms. The second-order valence-corrected chi connectivity index (χ2v) is 9.03. The van der Waals surface area contributed by atoms with Gasteiger partial charge >= 0.3 is 0 Å². The van der Waals surface area contributed by atoms with E-state index in [1.54, 1.807) is 4.90 Å². The second kappa shape index (κ2) is 9.56. The van der Waals surface area contributed by atoms with Gasteiger partial charge in [0.25, 0.3) is 11.7 Å². The summed E-state index contributed by atoms with van der Waals surface area (Å²) in [5.41, 5.74) is 5.43. The molecule has 1 N–H and O–H groups in total. The lowest BCUT2D eigenvalue weighted by molar-refractivity contribution is -0.139. The van der Waals surface area contributed by atoms with E-state index in [-0.39, 0.29) is 11.3 Å². The molecule has 174 valence electrons. The number of aryl methyl sites for hydroxylation is 2. The van der Waals surface area contributed by atoms with Crippen LogP contribution in [0.25, 0.3) is 5.76 Å². The van der Waals surface area contributed by atoms with Crippen LogP contribution in [0.15, 0.2) is 78.4 Å². The van der Waals surface area contributed by atoms with E-state index in [1.165, 1.54) is 0 Å². The number of likely N-dealkylation sites (tertiary alicyclic amines) is 1. The highest BCUT2D eigenvalue weighted by molar-refractivity contribution is 6.46. The van der Waals surface area contributed by atoms with E-state index in [9.17, 15) is 14.7 Å². The largest absolute Gasteiger partial charge is 0.507 e. The summed E-state index contributed by atoms with van der Waals surface area (Å²) in [6.07, 6.45) is 0.615. The minimum absolute atomic E-state index is 0.122. The zero-order valence-electron chi connectivity index (χ0n) is 20.1. The first kappa shape index (κ1) is 23.3. The highest BCUT2D eigenvalue weighted by atomic mass is 16.3. The number of carbonyl (C=O) groups excluding carboxylic acids is 2. The van der Waals surface area contributed by atoms with E-state index >= 15 is 0 Å². The number of benzene rings is 3. The van der Waals surface area contributed by atoms with Crippen molar-refractivity contribution >= 4 is 23.1 Å². The minimum Gasteiger partial charge on any atom is -0.507 e. The number of ketones is 1. The molecule has 0 aromatic heterocycles. The van der Waals surface area contributed by atoms with Crippen LogP contribution in [-0.4, -0.2) is 42.3 Å². The summed E-state index contributed by atoms with van der Waals surface area (Å²) in [6, 6.07) is 22.7. The molecule has 0 spiro atoms. The minimum atomic E-state index is -0.653. The van der Waals surface area contributed by atoms with E-state index in [0.717, 1.165) is 27.9 Å². The number of nitrogens with zero attached hydrogens (tertiary/aromatic N) is 2. The molecule has 1 aliphatic heterocycles. The van der Waals surface area contributed by atoms with Crippen molar-refractivity contribution in [1.82, 2.24) is 4.90 Å². The molecule has 34 heavy (non-hydrogen) atoms. The molecule has 1 unspecified atom stereocenters. The highest BCUT2D eigenvalue weighted by Crippen LogP contribution is 2.40. The smallest absolute Gasteiger partial charge is 0.295 e. The van der Waals surface area contributed by atoms with Gasteiger partial charge in [-0.1, -0.05) is 60.2 Å². The molecule has 4 rings (SSSR count). The summed E-state index contributed by atoms with van der Waals surface area (Å²) in [5.74, 6) is -1.35. The number of hydrogen-bond acceptors (Lipinski definition) is 4. The van der Waals surface area contributed by atoms with Gasteiger partial charge in [-0.05, 0) is 55.2 Å². The summed E-state index contributed by atoms with van der Waals surface area (Å²) in [5, 5.41) is 11.4. The van der Waals surface area contributed by atoms with Crippen LogP contribution >= 0.6 is 0 Å². The van der Waals surface area contributed by atoms with Crippen molar-refractivity contribution in [2.45, 2.75) is 26.3 Å². The normalized spacial score (nSPS) is 17.3. The Morgan fingerprint density at radius 3 is 2.26 bits per heavy atom. The zero-order valence-corrected chi connectivity index (χ0v) is 20.1. The lowest BCUT2D eigenvalue weighted by atomic mass is 9.93. The highest BCUT2D eigenvalue weighted by Gasteiger charge is 2.46. The average molecular weight is 455 g/mol. The van der Waals surface area contributed by atoms with E-state index in [0.29, 0.717) is 18.5 Å². The topological polar surface area (TPSA) is 60.9 Å². The molecule has 0 saturated carbocycles. The van der Waals surface area contributed by atoms with Gasteiger partial charge in [-0.15, -0.1) is 0 Å².